The van der Waals surface area contributed by atoms with Gasteiger partial charge in [0, 0.05) is 26.3 Å². The lowest BCUT2D eigenvalue weighted by atomic mass is 10.2. The van der Waals surface area contributed by atoms with Crippen LogP contribution in [0.1, 0.15) is 18.9 Å². The van der Waals surface area contributed by atoms with E-state index in [0.29, 0.717) is 12.5 Å². The molecule has 0 radical (unpaired) electrons. The highest BCUT2D eigenvalue weighted by Crippen LogP contribution is 2.30. The molecule has 0 atom stereocenters. The molecule has 0 aliphatic heterocycles. The van der Waals surface area contributed by atoms with Crippen molar-refractivity contribution >= 4 is 27.8 Å². The molecule has 7 heteroatoms. The van der Waals surface area contributed by atoms with Crippen LogP contribution >= 0.6 is 22.7 Å². The summed E-state index contributed by atoms with van der Waals surface area (Å²) in [7, 11) is 1.70. The van der Waals surface area contributed by atoms with Gasteiger partial charge in [0.25, 0.3) is 0 Å². The highest BCUT2D eigenvalue weighted by molar-refractivity contribution is 7.23. The molecule has 0 saturated heterocycles. The van der Waals surface area contributed by atoms with Crippen molar-refractivity contribution in [2.45, 2.75) is 20.3 Å². The first-order valence-electron chi connectivity index (χ1n) is 6.20. The van der Waals surface area contributed by atoms with E-state index in [1.165, 1.54) is 0 Å². The summed E-state index contributed by atoms with van der Waals surface area (Å²) < 4.78 is 5.05. The molecule has 0 spiro atoms. The van der Waals surface area contributed by atoms with Gasteiger partial charge in [0.15, 0.2) is 5.01 Å². The topological polar surface area (TPSA) is 59.9 Å². The van der Waals surface area contributed by atoms with Gasteiger partial charge in [0.2, 0.25) is 5.13 Å². The first-order valence-corrected chi connectivity index (χ1v) is 7.83. The molecular weight excluding hydrogens is 280 g/mol. The number of hydrogen-bond acceptors (Lipinski definition) is 7. The first kappa shape index (κ1) is 14.4. The number of anilines is 1. The van der Waals surface area contributed by atoms with E-state index in [1.807, 2.05) is 6.20 Å². The zero-order chi connectivity index (χ0) is 13.7. The van der Waals surface area contributed by atoms with Crippen molar-refractivity contribution < 1.29 is 4.74 Å². The Hall–Kier alpha value is -1.05. The van der Waals surface area contributed by atoms with Crippen molar-refractivity contribution in [3.05, 3.63) is 11.2 Å². The van der Waals surface area contributed by atoms with Crippen LogP contribution < -0.4 is 5.32 Å². The van der Waals surface area contributed by atoms with Crippen LogP contribution in [0.2, 0.25) is 0 Å². The van der Waals surface area contributed by atoms with E-state index in [0.717, 1.165) is 33.0 Å². The van der Waals surface area contributed by atoms with Gasteiger partial charge in [-0.3, -0.25) is 0 Å². The number of methoxy groups -OCH3 is 1. The molecule has 0 fully saturated rings. The maximum atomic E-state index is 5.05. The molecular formula is C12H18N4OS2. The van der Waals surface area contributed by atoms with Gasteiger partial charge in [-0.25, -0.2) is 4.98 Å². The van der Waals surface area contributed by atoms with Gasteiger partial charge >= 0.3 is 0 Å². The van der Waals surface area contributed by atoms with E-state index in [4.69, 9.17) is 4.74 Å². The minimum atomic E-state index is 0.594. The van der Waals surface area contributed by atoms with Crippen molar-refractivity contribution in [2.75, 3.05) is 25.6 Å². The van der Waals surface area contributed by atoms with E-state index in [9.17, 15) is 0 Å². The van der Waals surface area contributed by atoms with E-state index >= 15 is 0 Å². The number of aromatic nitrogens is 3. The Morgan fingerprint density at radius 3 is 2.89 bits per heavy atom. The van der Waals surface area contributed by atoms with Crippen LogP contribution in [0.5, 0.6) is 0 Å². The van der Waals surface area contributed by atoms with Crippen LogP contribution in [0, 0.1) is 5.92 Å². The summed E-state index contributed by atoms with van der Waals surface area (Å²) in [6, 6.07) is 0. The van der Waals surface area contributed by atoms with E-state index in [-0.39, 0.29) is 0 Å². The van der Waals surface area contributed by atoms with Gasteiger partial charge in [-0.05, 0) is 5.92 Å². The molecule has 19 heavy (non-hydrogen) atoms. The van der Waals surface area contributed by atoms with Gasteiger partial charge in [0.1, 0.15) is 0 Å². The second kappa shape index (κ2) is 6.93. The molecule has 5 nitrogen and oxygen atoms in total. The number of ether oxygens (including phenoxy) is 1. The molecule has 0 aromatic carbocycles. The van der Waals surface area contributed by atoms with Crippen molar-refractivity contribution in [1.82, 2.24) is 15.2 Å². The molecule has 0 bridgehead atoms. The normalized spacial score (nSPS) is 11.2. The predicted octanol–water partition coefficient (Wildman–Crippen LogP) is 2.92. The fourth-order valence-corrected chi connectivity index (χ4v) is 3.08. The maximum absolute atomic E-state index is 5.05. The minimum Gasteiger partial charge on any atom is -0.384 e. The summed E-state index contributed by atoms with van der Waals surface area (Å²) >= 11 is 3.22. The fourth-order valence-electron chi connectivity index (χ4n) is 1.40. The summed E-state index contributed by atoms with van der Waals surface area (Å²) in [6.07, 6.45) is 2.71. The molecule has 2 rings (SSSR count). The van der Waals surface area contributed by atoms with Crippen LogP contribution in [0.4, 0.5) is 5.13 Å². The minimum absolute atomic E-state index is 0.594. The number of thiazole rings is 1. The Balaban J connectivity index is 1.99. The number of rotatable bonds is 7. The Morgan fingerprint density at radius 1 is 1.32 bits per heavy atom. The van der Waals surface area contributed by atoms with Gasteiger partial charge in [-0.2, -0.15) is 0 Å². The van der Waals surface area contributed by atoms with E-state index < -0.39 is 0 Å². The second-order valence-corrected chi connectivity index (χ2v) is 6.64. The molecule has 0 unspecified atom stereocenters. The lowest BCUT2D eigenvalue weighted by Gasteiger charge is -2.03. The molecule has 2 heterocycles. The van der Waals surface area contributed by atoms with Crippen molar-refractivity contribution in [3.63, 3.8) is 0 Å². The van der Waals surface area contributed by atoms with Gasteiger partial charge in [-0.15, -0.1) is 21.5 Å². The van der Waals surface area contributed by atoms with E-state index in [2.05, 4.69) is 34.3 Å². The van der Waals surface area contributed by atoms with Gasteiger partial charge in [0.05, 0.1) is 16.5 Å². The number of hydrogen-bond donors (Lipinski definition) is 1. The smallest absolute Gasteiger partial charge is 0.206 e. The van der Waals surface area contributed by atoms with Gasteiger partial charge < -0.3 is 10.1 Å². The van der Waals surface area contributed by atoms with Gasteiger partial charge in [-0.1, -0.05) is 25.2 Å². The largest absolute Gasteiger partial charge is 0.384 e. The third-order valence-electron chi connectivity index (χ3n) is 2.37. The highest BCUT2D eigenvalue weighted by atomic mass is 32.1. The first-order chi connectivity index (χ1) is 9.19. The van der Waals surface area contributed by atoms with Crippen LogP contribution in [0.25, 0.3) is 9.88 Å². The molecule has 0 aliphatic carbocycles. The Morgan fingerprint density at radius 2 is 2.16 bits per heavy atom. The third kappa shape index (κ3) is 4.22. The molecule has 0 saturated carbocycles. The Bertz CT molecular complexity index is 509. The highest BCUT2D eigenvalue weighted by Gasteiger charge is 2.10. The average molecular weight is 298 g/mol. The summed E-state index contributed by atoms with van der Waals surface area (Å²) in [4.78, 5) is 5.44. The predicted molar refractivity (Wildman–Crippen MR) is 79.9 cm³/mol. The molecule has 1 N–H and O–H groups in total. The number of nitrogens with zero attached hydrogens (tertiary/aromatic N) is 3. The standard InChI is InChI=1S/C12H18N4OS2/c1-8(2)6-14-12-16-15-11(19-12)9-7-13-10(18-9)4-5-17-3/h7-8H,4-6H2,1-3H3,(H,14,16). The summed E-state index contributed by atoms with van der Waals surface area (Å²) in [5, 5.41) is 14.5. The fraction of sp³-hybridized carbons (Fsp3) is 0.583. The average Bonchev–Trinajstić information content (AvgIpc) is 3.02. The van der Waals surface area contributed by atoms with Crippen LogP contribution in [-0.4, -0.2) is 35.4 Å². The quantitative estimate of drug-likeness (QED) is 0.851. The van der Waals surface area contributed by atoms with Crippen molar-refractivity contribution in [2.24, 2.45) is 5.92 Å². The Kier molecular flexibility index (Phi) is 5.24. The number of nitrogens with one attached hydrogen (secondary N) is 1. The maximum Gasteiger partial charge on any atom is 0.206 e. The molecule has 0 aliphatic rings. The second-order valence-electron chi connectivity index (χ2n) is 4.55. The third-order valence-corrected chi connectivity index (χ3v) is 4.48. The summed E-state index contributed by atoms with van der Waals surface area (Å²) in [6.45, 7) is 5.95. The van der Waals surface area contributed by atoms with Crippen molar-refractivity contribution in [1.29, 1.82) is 0 Å². The summed E-state index contributed by atoms with van der Waals surface area (Å²) in [5.74, 6) is 0.594. The van der Waals surface area contributed by atoms with Crippen LogP contribution in [0.15, 0.2) is 6.20 Å². The zero-order valence-electron chi connectivity index (χ0n) is 11.3. The molecule has 2 aromatic heterocycles. The molecule has 0 amide bonds. The van der Waals surface area contributed by atoms with Crippen LogP contribution in [0.3, 0.4) is 0 Å². The monoisotopic (exact) mass is 298 g/mol. The lowest BCUT2D eigenvalue weighted by Crippen LogP contribution is -2.07. The van der Waals surface area contributed by atoms with Crippen LogP contribution in [-0.2, 0) is 11.2 Å². The zero-order valence-corrected chi connectivity index (χ0v) is 13.0. The Labute approximate surface area is 121 Å². The summed E-state index contributed by atoms with van der Waals surface area (Å²) in [5.41, 5.74) is 0. The lowest BCUT2D eigenvalue weighted by molar-refractivity contribution is 0.202. The van der Waals surface area contributed by atoms with Crippen molar-refractivity contribution in [3.8, 4) is 9.88 Å². The SMILES string of the molecule is COCCc1ncc(-c2nnc(NCC(C)C)s2)s1. The molecule has 2 aromatic rings. The van der Waals surface area contributed by atoms with E-state index in [1.54, 1.807) is 29.8 Å². The molecule has 104 valence electrons.